The van der Waals surface area contributed by atoms with E-state index < -0.39 is 0 Å². The maximum absolute atomic E-state index is 3.39. The van der Waals surface area contributed by atoms with E-state index >= 15 is 0 Å². The van der Waals surface area contributed by atoms with Crippen LogP contribution < -0.4 is 5.32 Å². The Bertz CT molecular complexity index is 759. The van der Waals surface area contributed by atoms with E-state index in [-0.39, 0.29) is 0 Å². The van der Waals surface area contributed by atoms with Gasteiger partial charge in [0.15, 0.2) is 0 Å². The molecule has 0 spiro atoms. The predicted octanol–water partition coefficient (Wildman–Crippen LogP) is 4.92. The molecule has 106 valence electrons. The Morgan fingerprint density at radius 2 is 1.67 bits per heavy atom. The zero-order chi connectivity index (χ0) is 14.7. The average molecular weight is 275 g/mol. The van der Waals surface area contributed by atoms with Crippen LogP contribution in [0.1, 0.15) is 18.1 Å². The molecule has 0 aliphatic heterocycles. The van der Waals surface area contributed by atoms with Crippen LogP contribution in [0.25, 0.3) is 21.9 Å². The van der Waals surface area contributed by atoms with E-state index in [1.807, 2.05) is 0 Å². The molecule has 0 radical (unpaired) electrons. The van der Waals surface area contributed by atoms with Crippen molar-refractivity contribution in [3.63, 3.8) is 0 Å². The van der Waals surface area contributed by atoms with Crippen LogP contribution in [0.3, 0.4) is 0 Å². The maximum atomic E-state index is 3.39. The highest BCUT2D eigenvalue weighted by atomic mass is 14.8. The quantitative estimate of drug-likeness (QED) is 0.712. The topological polar surface area (TPSA) is 12.0 Å². The molecule has 0 atom stereocenters. The van der Waals surface area contributed by atoms with Gasteiger partial charge in [-0.25, -0.2) is 0 Å². The third kappa shape index (κ3) is 2.84. The fraction of sp³-hybridized carbons (Fsp3) is 0.200. The first kappa shape index (κ1) is 13.8. The van der Waals surface area contributed by atoms with Gasteiger partial charge in [0.2, 0.25) is 0 Å². The molecule has 0 saturated carbocycles. The molecule has 0 aromatic heterocycles. The molecule has 21 heavy (non-hydrogen) atoms. The van der Waals surface area contributed by atoms with Gasteiger partial charge >= 0.3 is 0 Å². The van der Waals surface area contributed by atoms with Crippen molar-refractivity contribution in [2.24, 2.45) is 0 Å². The third-order valence-electron chi connectivity index (χ3n) is 3.96. The fourth-order valence-electron chi connectivity index (χ4n) is 2.82. The zero-order valence-corrected chi connectivity index (χ0v) is 12.7. The standard InChI is InChI=1S/C20H21N/c1-3-21-14-16-7-6-8-17(13-16)19-12-11-15(2)18-9-4-5-10-20(18)19/h4-13,21H,3,14H2,1-2H3. The van der Waals surface area contributed by atoms with Crippen molar-refractivity contribution >= 4 is 10.8 Å². The number of fused-ring (bicyclic) bond motifs is 1. The molecule has 0 aliphatic carbocycles. The predicted molar refractivity (Wildman–Crippen MR) is 91.5 cm³/mol. The van der Waals surface area contributed by atoms with Gasteiger partial charge < -0.3 is 5.32 Å². The highest BCUT2D eigenvalue weighted by Gasteiger charge is 2.06. The van der Waals surface area contributed by atoms with E-state index in [0.29, 0.717) is 0 Å². The second-order valence-electron chi connectivity index (χ2n) is 5.46. The molecule has 3 aromatic carbocycles. The molecule has 0 fully saturated rings. The number of hydrogen-bond acceptors (Lipinski definition) is 1. The molecule has 0 unspecified atom stereocenters. The molecular formula is C20H21N. The van der Waals surface area contributed by atoms with E-state index in [4.69, 9.17) is 0 Å². The maximum Gasteiger partial charge on any atom is 0.0205 e. The van der Waals surface area contributed by atoms with Crippen LogP contribution >= 0.6 is 0 Å². The van der Waals surface area contributed by atoms with Gasteiger partial charge in [-0.1, -0.05) is 61.5 Å². The summed E-state index contributed by atoms with van der Waals surface area (Å²) < 4.78 is 0. The Labute approximate surface area is 126 Å². The highest BCUT2D eigenvalue weighted by molar-refractivity contribution is 5.98. The summed E-state index contributed by atoms with van der Waals surface area (Å²) in [6.07, 6.45) is 0. The summed E-state index contributed by atoms with van der Waals surface area (Å²) in [4.78, 5) is 0. The first-order valence-corrected chi connectivity index (χ1v) is 7.58. The largest absolute Gasteiger partial charge is 0.313 e. The molecular weight excluding hydrogens is 254 g/mol. The van der Waals surface area contributed by atoms with Crippen molar-refractivity contribution in [2.75, 3.05) is 6.54 Å². The number of benzene rings is 3. The van der Waals surface area contributed by atoms with Gasteiger partial charge in [-0.05, 0) is 52.6 Å². The molecule has 3 aromatic rings. The lowest BCUT2D eigenvalue weighted by Crippen LogP contribution is -2.11. The number of rotatable bonds is 4. The van der Waals surface area contributed by atoms with E-state index in [0.717, 1.165) is 13.1 Å². The van der Waals surface area contributed by atoms with Crippen LogP contribution in [0, 0.1) is 6.92 Å². The summed E-state index contributed by atoms with van der Waals surface area (Å²) >= 11 is 0. The molecule has 3 rings (SSSR count). The Hall–Kier alpha value is -2.12. The zero-order valence-electron chi connectivity index (χ0n) is 12.7. The fourth-order valence-corrected chi connectivity index (χ4v) is 2.82. The summed E-state index contributed by atoms with van der Waals surface area (Å²) in [6, 6.07) is 21.9. The molecule has 0 saturated heterocycles. The number of hydrogen-bond donors (Lipinski definition) is 1. The summed E-state index contributed by atoms with van der Waals surface area (Å²) in [5.74, 6) is 0. The first-order chi connectivity index (χ1) is 10.3. The van der Waals surface area contributed by atoms with Crippen LogP contribution in [0.5, 0.6) is 0 Å². The Balaban J connectivity index is 2.10. The van der Waals surface area contributed by atoms with Crippen molar-refractivity contribution in [3.05, 3.63) is 71.8 Å². The molecule has 0 bridgehead atoms. The van der Waals surface area contributed by atoms with E-state index in [1.165, 1.54) is 33.0 Å². The molecule has 1 nitrogen and oxygen atoms in total. The SMILES string of the molecule is CCNCc1cccc(-c2ccc(C)c3ccccc23)c1. The Morgan fingerprint density at radius 3 is 2.48 bits per heavy atom. The van der Waals surface area contributed by atoms with E-state index in [1.54, 1.807) is 0 Å². The second kappa shape index (κ2) is 6.11. The van der Waals surface area contributed by atoms with E-state index in [9.17, 15) is 0 Å². The van der Waals surface area contributed by atoms with Gasteiger partial charge in [0.25, 0.3) is 0 Å². The monoisotopic (exact) mass is 275 g/mol. The third-order valence-corrected chi connectivity index (χ3v) is 3.96. The minimum atomic E-state index is 0.925. The summed E-state index contributed by atoms with van der Waals surface area (Å²) in [5.41, 5.74) is 5.27. The van der Waals surface area contributed by atoms with Crippen molar-refractivity contribution in [1.82, 2.24) is 5.32 Å². The Morgan fingerprint density at radius 1 is 0.857 bits per heavy atom. The first-order valence-electron chi connectivity index (χ1n) is 7.58. The molecule has 1 heteroatoms. The average Bonchev–Trinajstić information content (AvgIpc) is 2.54. The van der Waals surface area contributed by atoms with Crippen LogP contribution in [0.4, 0.5) is 0 Å². The minimum Gasteiger partial charge on any atom is -0.313 e. The summed E-state index contributed by atoms with van der Waals surface area (Å²) in [5, 5.41) is 6.06. The molecule has 0 aliphatic rings. The smallest absolute Gasteiger partial charge is 0.0205 e. The highest BCUT2D eigenvalue weighted by Crippen LogP contribution is 2.30. The summed E-state index contributed by atoms with van der Waals surface area (Å²) in [7, 11) is 0. The molecule has 0 heterocycles. The number of nitrogens with one attached hydrogen (secondary N) is 1. The van der Waals surface area contributed by atoms with Gasteiger partial charge in [-0.3, -0.25) is 0 Å². The lowest BCUT2D eigenvalue weighted by atomic mass is 9.95. The lowest BCUT2D eigenvalue weighted by Gasteiger charge is -2.11. The molecule has 1 N–H and O–H groups in total. The van der Waals surface area contributed by atoms with E-state index in [2.05, 4.69) is 79.8 Å². The lowest BCUT2D eigenvalue weighted by molar-refractivity contribution is 0.727. The van der Waals surface area contributed by atoms with Crippen LogP contribution in [0.15, 0.2) is 60.7 Å². The van der Waals surface area contributed by atoms with Crippen molar-refractivity contribution in [1.29, 1.82) is 0 Å². The van der Waals surface area contributed by atoms with Crippen LogP contribution in [-0.2, 0) is 6.54 Å². The number of aryl methyl sites for hydroxylation is 1. The van der Waals surface area contributed by atoms with Gasteiger partial charge in [0, 0.05) is 6.54 Å². The normalized spacial score (nSPS) is 11.0. The van der Waals surface area contributed by atoms with Crippen molar-refractivity contribution in [2.45, 2.75) is 20.4 Å². The van der Waals surface area contributed by atoms with Gasteiger partial charge in [-0.2, -0.15) is 0 Å². The van der Waals surface area contributed by atoms with Gasteiger partial charge in [0.1, 0.15) is 0 Å². The minimum absolute atomic E-state index is 0.925. The van der Waals surface area contributed by atoms with Gasteiger partial charge in [-0.15, -0.1) is 0 Å². The van der Waals surface area contributed by atoms with Crippen molar-refractivity contribution in [3.8, 4) is 11.1 Å². The van der Waals surface area contributed by atoms with Gasteiger partial charge in [0.05, 0.1) is 0 Å². The van der Waals surface area contributed by atoms with Crippen LogP contribution in [0.2, 0.25) is 0 Å². The Kier molecular flexibility index (Phi) is 4.03. The second-order valence-corrected chi connectivity index (χ2v) is 5.46. The van der Waals surface area contributed by atoms with Crippen molar-refractivity contribution < 1.29 is 0 Å². The van der Waals surface area contributed by atoms with Crippen LogP contribution in [-0.4, -0.2) is 6.54 Å². The molecule has 0 amide bonds. The summed E-state index contributed by atoms with van der Waals surface area (Å²) in [6.45, 7) is 6.23.